The number of amides is 1. The fraction of sp³-hybridized carbons (Fsp3) is 0.444. The zero-order valence-electron chi connectivity index (χ0n) is 20.9. The van der Waals surface area contributed by atoms with E-state index in [9.17, 15) is 14.4 Å². The Bertz CT molecular complexity index is 1300. The van der Waals surface area contributed by atoms with Crippen molar-refractivity contribution in [2.45, 2.75) is 46.7 Å². The van der Waals surface area contributed by atoms with Gasteiger partial charge in [0.05, 0.1) is 31.3 Å². The van der Waals surface area contributed by atoms with Gasteiger partial charge in [-0.05, 0) is 64.8 Å². The Labute approximate surface area is 205 Å². The zero-order valence-corrected chi connectivity index (χ0v) is 20.9. The number of nitrogens with zero attached hydrogens (tertiary/aromatic N) is 2. The summed E-state index contributed by atoms with van der Waals surface area (Å²) < 4.78 is 7.60. The lowest BCUT2D eigenvalue weighted by molar-refractivity contribution is -0.118. The van der Waals surface area contributed by atoms with Crippen LogP contribution in [0.5, 0.6) is 5.75 Å². The maximum atomic E-state index is 13.4. The third-order valence-corrected chi connectivity index (χ3v) is 6.93. The van der Waals surface area contributed by atoms with Crippen LogP contribution in [0, 0.1) is 19.8 Å². The number of aromatic amines is 1. The summed E-state index contributed by atoms with van der Waals surface area (Å²) in [5.41, 5.74) is 3.42. The third-order valence-electron chi connectivity index (χ3n) is 6.93. The van der Waals surface area contributed by atoms with Crippen LogP contribution in [0.15, 0.2) is 35.1 Å². The highest BCUT2D eigenvalue weighted by Crippen LogP contribution is 2.29. The third kappa shape index (κ3) is 5.32. The number of methoxy groups -OCH3 is 1. The molecule has 1 fully saturated rings. The molecule has 8 heteroatoms. The minimum Gasteiger partial charge on any atom is -0.496 e. The summed E-state index contributed by atoms with van der Waals surface area (Å²) in [5.74, 6) is 0.938. The molecule has 0 radical (unpaired) electrons. The number of carbonyl (C=O) groups is 2. The van der Waals surface area contributed by atoms with Gasteiger partial charge in [0.25, 0.3) is 11.5 Å². The second kappa shape index (κ2) is 10.5. The Kier molecular flexibility index (Phi) is 7.40. The number of benzene rings is 1. The van der Waals surface area contributed by atoms with Gasteiger partial charge in [0.1, 0.15) is 11.5 Å². The fourth-order valence-electron chi connectivity index (χ4n) is 5.15. The predicted octanol–water partition coefficient (Wildman–Crippen LogP) is 3.19. The summed E-state index contributed by atoms with van der Waals surface area (Å²) >= 11 is 0. The Morgan fingerprint density at radius 2 is 1.89 bits per heavy atom. The first-order chi connectivity index (χ1) is 16.8. The molecule has 2 aromatic heterocycles. The molecule has 8 nitrogen and oxygen atoms in total. The van der Waals surface area contributed by atoms with E-state index in [0.29, 0.717) is 35.0 Å². The quantitative estimate of drug-likeness (QED) is 0.518. The van der Waals surface area contributed by atoms with Crippen LogP contribution in [0.4, 0.5) is 0 Å². The number of fused-ring (bicyclic) bond motifs is 1. The van der Waals surface area contributed by atoms with E-state index in [1.54, 1.807) is 19.9 Å². The van der Waals surface area contributed by atoms with Crippen molar-refractivity contribution in [3.63, 3.8) is 0 Å². The molecule has 2 N–H and O–H groups in total. The minimum atomic E-state index is -0.266. The van der Waals surface area contributed by atoms with E-state index in [0.717, 1.165) is 49.1 Å². The lowest BCUT2D eigenvalue weighted by Gasteiger charge is -2.31. The zero-order chi connectivity index (χ0) is 25.1. The Morgan fingerprint density at radius 1 is 1.17 bits per heavy atom. The lowest BCUT2D eigenvalue weighted by atomic mass is 9.96. The Balaban J connectivity index is 1.55. The number of rotatable bonds is 8. The number of aromatic nitrogens is 2. The van der Waals surface area contributed by atoms with Crippen molar-refractivity contribution in [3.8, 4) is 5.75 Å². The molecule has 186 valence electrons. The molecular formula is C27H34N4O4. The number of para-hydroxylation sites is 1. The highest BCUT2D eigenvalue weighted by Gasteiger charge is 2.25. The molecule has 0 unspecified atom stereocenters. The van der Waals surface area contributed by atoms with Crippen LogP contribution < -0.4 is 15.6 Å². The van der Waals surface area contributed by atoms with Gasteiger partial charge in [-0.25, -0.2) is 0 Å². The SMILES string of the molecule is COc1cc(C)[nH]c(=O)c1CNC(=O)c1c(C)n(CC2CCN(CC(C)=O)CC2)c2ccccc12. The smallest absolute Gasteiger partial charge is 0.256 e. The van der Waals surface area contributed by atoms with Gasteiger partial charge in [0.15, 0.2) is 0 Å². The first-order valence-corrected chi connectivity index (χ1v) is 12.1. The second-order valence-corrected chi connectivity index (χ2v) is 9.52. The van der Waals surface area contributed by atoms with Gasteiger partial charge in [-0.15, -0.1) is 0 Å². The number of hydrogen-bond donors (Lipinski definition) is 2. The summed E-state index contributed by atoms with van der Waals surface area (Å²) in [6.07, 6.45) is 2.05. The summed E-state index contributed by atoms with van der Waals surface area (Å²) in [6, 6.07) is 9.71. The van der Waals surface area contributed by atoms with Crippen LogP contribution in [0.2, 0.25) is 0 Å². The molecule has 1 saturated heterocycles. The summed E-state index contributed by atoms with van der Waals surface area (Å²) in [7, 11) is 1.52. The first-order valence-electron chi connectivity index (χ1n) is 12.1. The molecule has 0 bridgehead atoms. The van der Waals surface area contributed by atoms with Crippen molar-refractivity contribution in [1.29, 1.82) is 0 Å². The van der Waals surface area contributed by atoms with Crippen molar-refractivity contribution in [2.24, 2.45) is 5.92 Å². The first kappa shape index (κ1) is 24.7. The molecule has 0 aliphatic carbocycles. The number of carbonyl (C=O) groups excluding carboxylic acids is 2. The van der Waals surface area contributed by atoms with Crippen molar-refractivity contribution in [2.75, 3.05) is 26.7 Å². The van der Waals surface area contributed by atoms with Crippen molar-refractivity contribution < 1.29 is 14.3 Å². The van der Waals surface area contributed by atoms with Gasteiger partial charge in [0, 0.05) is 28.8 Å². The van der Waals surface area contributed by atoms with Crippen LogP contribution in [0.1, 0.15) is 47.1 Å². The number of piperidine rings is 1. The van der Waals surface area contributed by atoms with Crippen LogP contribution >= 0.6 is 0 Å². The number of pyridine rings is 1. The largest absolute Gasteiger partial charge is 0.496 e. The van der Waals surface area contributed by atoms with Crippen molar-refractivity contribution in [1.82, 2.24) is 19.8 Å². The van der Waals surface area contributed by atoms with Crippen LogP contribution in [-0.4, -0.2) is 52.9 Å². The summed E-state index contributed by atoms with van der Waals surface area (Å²) in [6.45, 7) is 8.68. The molecule has 0 saturated carbocycles. The number of likely N-dealkylation sites (tertiary alicyclic amines) is 1. The number of ketones is 1. The second-order valence-electron chi connectivity index (χ2n) is 9.52. The van der Waals surface area contributed by atoms with E-state index in [1.165, 1.54) is 7.11 Å². The standard InChI is InChI=1S/C27H34N4O4/c1-17-13-24(35-4)22(26(33)29-17)14-28-27(34)25-19(3)31(23-8-6-5-7-21(23)25)16-20-9-11-30(12-10-20)15-18(2)32/h5-8,13,20H,9-12,14-16H2,1-4H3,(H,28,34)(H,29,33). The number of H-pyrrole nitrogens is 1. The molecule has 35 heavy (non-hydrogen) atoms. The number of nitrogens with one attached hydrogen (secondary N) is 2. The molecule has 0 spiro atoms. The van der Waals surface area contributed by atoms with Crippen molar-refractivity contribution in [3.05, 3.63) is 63.2 Å². The van der Waals surface area contributed by atoms with E-state index in [1.807, 2.05) is 25.1 Å². The molecule has 1 amide bonds. The van der Waals surface area contributed by atoms with Gasteiger partial charge in [-0.3, -0.25) is 19.3 Å². The van der Waals surface area contributed by atoms with Crippen LogP contribution in [0.3, 0.4) is 0 Å². The molecule has 4 rings (SSSR count). The molecule has 1 aromatic carbocycles. The van der Waals surface area contributed by atoms with E-state index < -0.39 is 0 Å². The Morgan fingerprint density at radius 3 is 2.57 bits per heavy atom. The maximum Gasteiger partial charge on any atom is 0.256 e. The molecular weight excluding hydrogens is 444 g/mol. The predicted molar refractivity (Wildman–Crippen MR) is 136 cm³/mol. The van der Waals surface area contributed by atoms with Gasteiger partial charge >= 0.3 is 0 Å². The average molecular weight is 479 g/mol. The fourth-order valence-corrected chi connectivity index (χ4v) is 5.15. The molecule has 3 heterocycles. The summed E-state index contributed by atoms with van der Waals surface area (Å²) in [4.78, 5) is 42.2. The normalized spacial score (nSPS) is 14.9. The topological polar surface area (TPSA) is 96.4 Å². The highest BCUT2D eigenvalue weighted by atomic mass is 16.5. The maximum absolute atomic E-state index is 13.4. The monoisotopic (exact) mass is 478 g/mol. The van der Waals surface area contributed by atoms with Gasteiger partial charge in [0.2, 0.25) is 0 Å². The van der Waals surface area contributed by atoms with E-state index in [-0.39, 0.29) is 23.8 Å². The summed E-state index contributed by atoms with van der Waals surface area (Å²) in [5, 5.41) is 3.84. The van der Waals surface area contributed by atoms with Gasteiger partial charge in [-0.2, -0.15) is 0 Å². The number of hydrogen-bond acceptors (Lipinski definition) is 5. The highest BCUT2D eigenvalue weighted by molar-refractivity contribution is 6.08. The van der Waals surface area contributed by atoms with Gasteiger partial charge in [-0.1, -0.05) is 18.2 Å². The van der Waals surface area contributed by atoms with Crippen LogP contribution in [-0.2, 0) is 17.9 Å². The van der Waals surface area contributed by atoms with E-state index >= 15 is 0 Å². The molecule has 1 aliphatic rings. The number of Topliss-reactive ketones (excluding diaryl/α,β-unsaturated/α-hetero) is 1. The van der Waals surface area contributed by atoms with E-state index in [4.69, 9.17) is 4.74 Å². The number of aryl methyl sites for hydroxylation is 1. The molecule has 0 atom stereocenters. The van der Waals surface area contributed by atoms with Crippen LogP contribution in [0.25, 0.3) is 10.9 Å². The average Bonchev–Trinajstić information content (AvgIpc) is 3.10. The lowest BCUT2D eigenvalue weighted by Crippen LogP contribution is -2.37. The Hall–Kier alpha value is -3.39. The molecule has 3 aromatic rings. The molecule has 1 aliphatic heterocycles. The number of ether oxygens (including phenoxy) is 1. The van der Waals surface area contributed by atoms with Gasteiger partial charge < -0.3 is 19.6 Å². The van der Waals surface area contributed by atoms with E-state index in [2.05, 4.69) is 25.8 Å². The minimum absolute atomic E-state index is 0.0746. The van der Waals surface area contributed by atoms with Crippen molar-refractivity contribution >= 4 is 22.6 Å².